The van der Waals surface area contributed by atoms with Crippen LogP contribution in [-0.4, -0.2) is 0 Å². The van der Waals surface area contributed by atoms with Crippen molar-refractivity contribution >= 4 is 23.5 Å². The summed E-state index contributed by atoms with van der Waals surface area (Å²) in [4.78, 5) is 5.28. The van der Waals surface area contributed by atoms with Crippen molar-refractivity contribution in [1.29, 1.82) is 0 Å². The molecule has 0 amide bonds. The third-order valence-electron chi connectivity index (χ3n) is 2.30. The molecule has 73 valence electrons. The number of aryl methyl sites for hydroxylation is 1. The normalized spacial score (nSPS) is 13.1. The second kappa shape index (κ2) is 3.62. The molecule has 0 fully saturated rings. The summed E-state index contributed by atoms with van der Waals surface area (Å²) in [7, 11) is 0. The molecule has 1 aliphatic heterocycles. The predicted molar refractivity (Wildman–Crippen MR) is 64.7 cm³/mol. The summed E-state index contributed by atoms with van der Waals surface area (Å²) >= 11 is 3.66. The van der Waals surface area contributed by atoms with Gasteiger partial charge in [0.1, 0.15) is 0 Å². The molecule has 3 rings (SSSR count). The lowest BCUT2D eigenvalue weighted by Crippen LogP contribution is -1.89. The fourth-order valence-corrected chi connectivity index (χ4v) is 3.81. The van der Waals surface area contributed by atoms with E-state index in [9.17, 15) is 0 Å². The van der Waals surface area contributed by atoms with E-state index in [1.54, 1.807) is 0 Å². The van der Waals surface area contributed by atoms with E-state index in [0.29, 0.717) is 0 Å². The molecule has 1 aliphatic rings. The molecule has 0 nitrogen and oxygen atoms in total. The van der Waals surface area contributed by atoms with Gasteiger partial charge in [0.2, 0.25) is 0 Å². The van der Waals surface area contributed by atoms with E-state index in [2.05, 4.69) is 49.4 Å². The average molecular weight is 229 g/mol. The third kappa shape index (κ3) is 1.68. The fourth-order valence-electron chi connectivity index (χ4n) is 1.56. The van der Waals surface area contributed by atoms with Crippen LogP contribution in [0.3, 0.4) is 0 Å². The van der Waals surface area contributed by atoms with Crippen molar-refractivity contribution in [3.05, 3.63) is 48.0 Å². The van der Waals surface area contributed by atoms with E-state index in [1.165, 1.54) is 25.1 Å². The Morgan fingerprint density at radius 2 is 1.60 bits per heavy atom. The molecule has 0 unspecified atom stereocenters. The molecule has 1 heterocycles. The van der Waals surface area contributed by atoms with Crippen LogP contribution < -0.4 is 0 Å². The highest BCUT2D eigenvalue weighted by Gasteiger charge is 2.16. The topological polar surface area (TPSA) is 0 Å². The maximum Gasteiger partial charge on any atom is 0.0344 e. The largest absolute Gasteiger partial charge is 0.0877 e. The van der Waals surface area contributed by atoms with Crippen LogP contribution in [-0.2, 0) is 0 Å². The second-order valence-corrected chi connectivity index (χ2v) is 5.62. The molecule has 1 radical (unpaired) electrons. The Kier molecular flexibility index (Phi) is 2.26. The maximum atomic E-state index is 3.41. The summed E-state index contributed by atoms with van der Waals surface area (Å²) < 4.78 is 0. The highest BCUT2D eigenvalue weighted by molar-refractivity contribution is 8.05. The highest BCUT2D eigenvalue weighted by Crippen LogP contribution is 2.47. The Morgan fingerprint density at radius 1 is 0.867 bits per heavy atom. The van der Waals surface area contributed by atoms with Crippen molar-refractivity contribution in [2.75, 3.05) is 0 Å². The smallest absolute Gasteiger partial charge is 0.0344 e. The van der Waals surface area contributed by atoms with Crippen molar-refractivity contribution in [2.24, 2.45) is 0 Å². The molecule has 0 spiro atoms. The van der Waals surface area contributed by atoms with Gasteiger partial charge in [-0.15, -0.1) is 0 Å². The van der Waals surface area contributed by atoms with Crippen molar-refractivity contribution in [3.63, 3.8) is 0 Å². The molecule has 2 heteroatoms. The molecule has 0 saturated carbocycles. The van der Waals surface area contributed by atoms with Gasteiger partial charge in [0.05, 0.1) is 0 Å². The molecule has 0 aliphatic carbocycles. The summed E-state index contributed by atoms with van der Waals surface area (Å²) in [6, 6.07) is 16.3. The minimum absolute atomic E-state index is 1.21. The Bertz CT molecular complexity index is 518. The van der Waals surface area contributed by atoms with Crippen molar-refractivity contribution in [1.82, 2.24) is 0 Å². The van der Waals surface area contributed by atoms with E-state index < -0.39 is 0 Å². The highest BCUT2D eigenvalue weighted by atomic mass is 32.2. The first-order valence-electron chi connectivity index (χ1n) is 4.80. The minimum Gasteiger partial charge on any atom is -0.0877 e. The van der Waals surface area contributed by atoms with E-state index in [4.69, 9.17) is 0 Å². The van der Waals surface area contributed by atoms with Crippen molar-refractivity contribution < 1.29 is 0 Å². The SMILES string of the molecule is Cc1[c]c2c(cc1)Sc1ccccc1S2. The zero-order valence-electron chi connectivity index (χ0n) is 8.28. The summed E-state index contributed by atoms with van der Waals surface area (Å²) in [5.74, 6) is 0. The summed E-state index contributed by atoms with van der Waals surface area (Å²) in [6.07, 6.45) is 0. The van der Waals surface area contributed by atoms with Gasteiger partial charge in [0.25, 0.3) is 0 Å². The van der Waals surface area contributed by atoms with Crippen LogP contribution in [0.25, 0.3) is 0 Å². The number of hydrogen-bond acceptors (Lipinski definition) is 2. The Labute approximate surface area is 98.1 Å². The van der Waals surface area contributed by atoms with E-state index >= 15 is 0 Å². The lowest BCUT2D eigenvalue weighted by atomic mass is 10.2. The molecule has 0 N–H and O–H groups in total. The number of fused-ring (bicyclic) bond motifs is 2. The lowest BCUT2D eigenvalue weighted by Gasteiger charge is -2.17. The van der Waals surface area contributed by atoms with E-state index in [1.807, 2.05) is 23.5 Å². The molecular weight excluding hydrogens is 220 g/mol. The van der Waals surface area contributed by atoms with Gasteiger partial charge in [-0.05, 0) is 30.7 Å². The van der Waals surface area contributed by atoms with Crippen molar-refractivity contribution in [2.45, 2.75) is 26.5 Å². The van der Waals surface area contributed by atoms with Crippen LogP contribution >= 0.6 is 23.5 Å². The third-order valence-corrected chi connectivity index (χ3v) is 4.80. The first-order valence-corrected chi connectivity index (χ1v) is 6.44. The average Bonchev–Trinajstić information content (AvgIpc) is 2.26. The minimum atomic E-state index is 1.21. The Morgan fingerprint density at radius 3 is 2.40 bits per heavy atom. The summed E-state index contributed by atoms with van der Waals surface area (Å²) in [5.41, 5.74) is 1.21. The molecule has 2 aromatic carbocycles. The molecular formula is C13H9S2. The van der Waals surface area contributed by atoms with Gasteiger partial charge >= 0.3 is 0 Å². The van der Waals surface area contributed by atoms with Gasteiger partial charge in [0.15, 0.2) is 0 Å². The zero-order valence-corrected chi connectivity index (χ0v) is 9.91. The van der Waals surface area contributed by atoms with Crippen LogP contribution in [0, 0.1) is 13.0 Å². The maximum absolute atomic E-state index is 3.41. The first kappa shape index (κ1) is 9.37. The zero-order chi connectivity index (χ0) is 10.3. The predicted octanol–water partition coefficient (Wildman–Crippen LogP) is 4.41. The lowest BCUT2D eigenvalue weighted by molar-refractivity contribution is 1.14. The van der Waals surface area contributed by atoms with Gasteiger partial charge in [0, 0.05) is 25.6 Å². The van der Waals surface area contributed by atoms with Gasteiger partial charge in [-0.25, -0.2) is 0 Å². The van der Waals surface area contributed by atoms with Gasteiger partial charge in [-0.1, -0.05) is 41.7 Å². The van der Waals surface area contributed by atoms with Crippen LogP contribution in [0.15, 0.2) is 56.0 Å². The molecule has 0 saturated heterocycles. The molecule has 0 aromatic heterocycles. The van der Waals surface area contributed by atoms with E-state index in [0.717, 1.165) is 0 Å². The van der Waals surface area contributed by atoms with Gasteiger partial charge < -0.3 is 0 Å². The van der Waals surface area contributed by atoms with Crippen LogP contribution in [0.5, 0.6) is 0 Å². The monoisotopic (exact) mass is 229 g/mol. The number of benzene rings is 2. The Balaban J connectivity index is 2.11. The van der Waals surface area contributed by atoms with Crippen LogP contribution in [0.1, 0.15) is 5.56 Å². The van der Waals surface area contributed by atoms with Crippen molar-refractivity contribution in [3.8, 4) is 0 Å². The Hall–Kier alpha value is -0.860. The summed E-state index contributed by atoms with van der Waals surface area (Å²) in [5, 5.41) is 0. The second-order valence-electron chi connectivity index (χ2n) is 3.49. The van der Waals surface area contributed by atoms with Gasteiger partial charge in [-0.2, -0.15) is 0 Å². The molecule has 2 aromatic rings. The van der Waals surface area contributed by atoms with Crippen LogP contribution in [0.2, 0.25) is 0 Å². The summed E-state index contributed by atoms with van der Waals surface area (Å²) in [6.45, 7) is 2.09. The fraction of sp³-hybridized carbons (Fsp3) is 0.0769. The number of hydrogen-bond donors (Lipinski definition) is 0. The van der Waals surface area contributed by atoms with Gasteiger partial charge in [-0.3, -0.25) is 0 Å². The quantitative estimate of drug-likeness (QED) is 0.560. The molecule has 15 heavy (non-hydrogen) atoms. The first-order chi connectivity index (χ1) is 7.33. The molecule has 0 bridgehead atoms. The van der Waals surface area contributed by atoms with Crippen LogP contribution in [0.4, 0.5) is 0 Å². The van der Waals surface area contributed by atoms with E-state index in [-0.39, 0.29) is 0 Å². The molecule has 0 atom stereocenters. The standard InChI is InChI=1S/C13H9S2/c1-9-6-7-12-13(8-9)15-11-5-3-2-4-10(11)14-12/h2-7H,1H3. The number of rotatable bonds is 0.